The second-order valence-electron chi connectivity index (χ2n) is 3.25. The van der Waals surface area contributed by atoms with E-state index in [2.05, 4.69) is 18.7 Å². The summed E-state index contributed by atoms with van der Waals surface area (Å²) in [5, 5.41) is 17.5. The van der Waals surface area contributed by atoms with Crippen LogP contribution in [0.4, 0.5) is 0 Å². The Bertz CT molecular complexity index is 250. The van der Waals surface area contributed by atoms with E-state index in [1.165, 1.54) is 0 Å². The third-order valence-electron chi connectivity index (χ3n) is 2.31. The van der Waals surface area contributed by atoms with Crippen LogP contribution in [0, 0.1) is 34.0 Å². The summed E-state index contributed by atoms with van der Waals surface area (Å²) >= 11 is 0. The molecule has 1 saturated carbocycles. The molecule has 0 spiro atoms. The molecule has 0 aromatic carbocycles. The van der Waals surface area contributed by atoms with Crippen molar-refractivity contribution in [1.82, 2.24) is 0 Å². The maximum absolute atomic E-state index is 8.74. The van der Waals surface area contributed by atoms with Crippen molar-refractivity contribution >= 4 is 0 Å². The van der Waals surface area contributed by atoms with Crippen molar-refractivity contribution < 1.29 is 0 Å². The maximum Gasteiger partial charge on any atom is 0.148 e. The molecule has 0 bridgehead atoms. The van der Waals surface area contributed by atoms with E-state index in [9.17, 15) is 0 Å². The second-order valence-corrected chi connectivity index (χ2v) is 3.25. The summed E-state index contributed by atoms with van der Waals surface area (Å²) < 4.78 is 0. The Morgan fingerprint density at radius 3 is 2.27 bits per heavy atom. The van der Waals surface area contributed by atoms with Crippen molar-refractivity contribution in [3.63, 3.8) is 0 Å². The SMILES string of the molecule is C=C1CC(C#N)(C#N)CC1C. The van der Waals surface area contributed by atoms with Gasteiger partial charge in [-0.2, -0.15) is 10.5 Å². The van der Waals surface area contributed by atoms with E-state index in [1.54, 1.807) is 0 Å². The van der Waals surface area contributed by atoms with E-state index in [0.29, 0.717) is 18.8 Å². The smallest absolute Gasteiger partial charge is 0.148 e. The second kappa shape index (κ2) is 2.40. The molecule has 1 rings (SSSR count). The van der Waals surface area contributed by atoms with Crippen LogP contribution in [-0.4, -0.2) is 0 Å². The molecule has 1 aliphatic carbocycles. The summed E-state index contributed by atoms with van der Waals surface area (Å²) in [7, 11) is 0. The maximum atomic E-state index is 8.74. The van der Waals surface area contributed by atoms with E-state index >= 15 is 0 Å². The van der Waals surface area contributed by atoms with Gasteiger partial charge >= 0.3 is 0 Å². The summed E-state index contributed by atoms with van der Waals surface area (Å²) in [5.41, 5.74) is 0.268. The van der Waals surface area contributed by atoms with Gasteiger partial charge in [0.1, 0.15) is 5.41 Å². The third-order valence-corrected chi connectivity index (χ3v) is 2.31. The Kier molecular flexibility index (Phi) is 1.71. The van der Waals surface area contributed by atoms with Gasteiger partial charge in [-0.15, -0.1) is 0 Å². The topological polar surface area (TPSA) is 47.6 Å². The molecule has 0 amide bonds. The van der Waals surface area contributed by atoms with Gasteiger partial charge < -0.3 is 0 Å². The fourth-order valence-corrected chi connectivity index (χ4v) is 1.50. The number of nitriles is 2. The van der Waals surface area contributed by atoms with Gasteiger partial charge in [-0.25, -0.2) is 0 Å². The molecule has 0 aliphatic heterocycles. The van der Waals surface area contributed by atoms with Crippen LogP contribution in [0.25, 0.3) is 0 Å². The van der Waals surface area contributed by atoms with Gasteiger partial charge in [-0.05, 0) is 12.3 Å². The van der Waals surface area contributed by atoms with Crippen LogP contribution < -0.4 is 0 Å². The van der Waals surface area contributed by atoms with Crippen LogP contribution in [0.3, 0.4) is 0 Å². The van der Waals surface area contributed by atoms with Gasteiger partial charge in [-0.1, -0.05) is 19.1 Å². The largest absolute Gasteiger partial charge is 0.197 e. The third kappa shape index (κ3) is 1.12. The normalized spacial score (nSPS) is 27.5. The number of hydrogen-bond acceptors (Lipinski definition) is 2. The van der Waals surface area contributed by atoms with Crippen molar-refractivity contribution in [2.45, 2.75) is 19.8 Å². The molecule has 1 unspecified atom stereocenters. The number of hydrogen-bond donors (Lipinski definition) is 0. The summed E-state index contributed by atoms with van der Waals surface area (Å²) in [6.07, 6.45) is 1.21. The molecule has 11 heavy (non-hydrogen) atoms. The number of rotatable bonds is 0. The Hall–Kier alpha value is -1.28. The van der Waals surface area contributed by atoms with Crippen molar-refractivity contribution in [1.29, 1.82) is 10.5 Å². The molecule has 0 aromatic rings. The van der Waals surface area contributed by atoms with Crippen LogP contribution in [0.1, 0.15) is 19.8 Å². The van der Waals surface area contributed by atoms with Gasteiger partial charge in [0.05, 0.1) is 12.1 Å². The minimum Gasteiger partial charge on any atom is -0.197 e. The molecule has 1 atom stereocenters. The first-order valence-electron chi connectivity index (χ1n) is 3.64. The summed E-state index contributed by atoms with van der Waals surface area (Å²) in [5.74, 6) is 0.328. The predicted molar refractivity (Wildman–Crippen MR) is 41.2 cm³/mol. The van der Waals surface area contributed by atoms with Gasteiger partial charge in [0.15, 0.2) is 0 Å². The quantitative estimate of drug-likeness (QED) is 0.491. The monoisotopic (exact) mass is 146 g/mol. The van der Waals surface area contributed by atoms with Crippen molar-refractivity contribution in [2.24, 2.45) is 11.3 Å². The minimum absolute atomic E-state index is 0.328. The fourth-order valence-electron chi connectivity index (χ4n) is 1.50. The van der Waals surface area contributed by atoms with Crippen LogP contribution in [-0.2, 0) is 0 Å². The Morgan fingerprint density at radius 2 is 2.09 bits per heavy atom. The van der Waals surface area contributed by atoms with Crippen LogP contribution in [0.2, 0.25) is 0 Å². The molecule has 1 fully saturated rings. The van der Waals surface area contributed by atoms with Gasteiger partial charge in [0.25, 0.3) is 0 Å². The van der Waals surface area contributed by atoms with Gasteiger partial charge in [0.2, 0.25) is 0 Å². The summed E-state index contributed by atoms with van der Waals surface area (Å²) in [6, 6.07) is 4.13. The molecule has 2 nitrogen and oxygen atoms in total. The highest BCUT2D eigenvalue weighted by Crippen LogP contribution is 2.43. The first-order valence-corrected chi connectivity index (χ1v) is 3.64. The van der Waals surface area contributed by atoms with Gasteiger partial charge in [0, 0.05) is 6.42 Å². The molecule has 0 saturated heterocycles. The lowest BCUT2D eigenvalue weighted by Gasteiger charge is -2.06. The molecular formula is C9H10N2. The van der Waals surface area contributed by atoms with Crippen LogP contribution in [0.15, 0.2) is 12.2 Å². The van der Waals surface area contributed by atoms with Crippen molar-refractivity contribution in [3.05, 3.63) is 12.2 Å². The molecule has 0 N–H and O–H groups in total. The lowest BCUT2D eigenvalue weighted by Crippen LogP contribution is -2.10. The van der Waals surface area contributed by atoms with E-state index in [-0.39, 0.29) is 0 Å². The predicted octanol–water partition coefficient (Wildman–Crippen LogP) is 2.01. The molecular weight excluding hydrogens is 136 g/mol. The molecule has 0 heterocycles. The lowest BCUT2D eigenvalue weighted by atomic mass is 9.89. The minimum atomic E-state index is -0.767. The Morgan fingerprint density at radius 1 is 1.55 bits per heavy atom. The summed E-state index contributed by atoms with van der Waals surface area (Å²) in [4.78, 5) is 0. The average Bonchev–Trinajstić information content (AvgIpc) is 2.29. The highest BCUT2D eigenvalue weighted by molar-refractivity contribution is 5.26. The number of nitrogens with zero attached hydrogens (tertiary/aromatic N) is 2. The van der Waals surface area contributed by atoms with E-state index in [0.717, 1.165) is 5.57 Å². The van der Waals surface area contributed by atoms with Crippen LogP contribution >= 0.6 is 0 Å². The van der Waals surface area contributed by atoms with E-state index in [4.69, 9.17) is 10.5 Å². The average molecular weight is 146 g/mol. The highest BCUT2D eigenvalue weighted by atomic mass is 14.5. The zero-order valence-corrected chi connectivity index (χ0v) is 6.59. The van der Waals surface area contributed by atoms with Gasteiger partial charge in [-0.3, -0.25) is 0 Å². The highest BCUT2D eigenvalue weighted by Gasteiger charge is 2.40. The van der Waals surface area contributed by atoms with E-state index < -0.39 is 5.41 Å². The molecule has 2 heteroatoms. The standard InChI is InChI=1S/C9H10N2/c1-7-3-9(5-10,6-11)4-8(7)2/h8H,1,3-4H2,2H3. The Labute approximate surface area is 66.7 Å². The first kappa shape index (κ1) is 7.82. The molecule has 56 valence electrons. The lowest BCUT2D eigenvalue weighted by molar-refractivity contribution is 0.511. The van der Waals surface area contributed by atoms with Crippen molar-refractivity contribution in [3.8, 4) is 12.1 Å². The Balaban J connectivity index is 2.90. The van der Waals surface area contributed by atoms with Crippen molar-refractivity contribution in [2.75, 3.05) is 0 Å². The molecule has 1 aliphatic rings. The van der Waals surface area contributed by atoms with E-state index in [1.807, 2.05) is 6.92 Å². The fraction of sp³-hybridized carbons (Fsp3) is 0.556. The molecule has 0 aromatic heterocycles. The zero-order valence-electron chi connectivity index (χ0n) is 6.59. The molecule has 0 radical (unpaired) electrons. The summed E-state index contributed by atoms with van der Waals surface area (Å²) in [6.45, 7) is 5.84. The number of allylic oxidation sites excluding steroid dienone is 1. The van der Waals surface area contributed by atoms with Crippen LogP contribution in [0.5, 0.6) is 0 Å². The first-order chi connectivity index (χ1) is 5.13. The zero-order chi connectivity index (χ0) is 8.48.